The van der Waals surface area contributed by atoms with Gasteiger partial charge in [0.05, 0.1) is 14.2 Å². The first-order valence-corrected chi connectivity index (χ1v) is 9.08. The van der Waals surface area contributed by atoms with Crippen LogP contribution in [0.15, 0.2) is 36.4 Å². The molecule has 0 N–H and O–H groups in total. The van der Waals surface area contributed by atoms with Gasteiger partial charge in [-0.05, 0) is 30.3 Å². The van der Waals surface area contributed by atoms with Gasteiger partial charge in [-0.3, -0.25) is 9.69 Å². The molecule has 0 aliphatic carbocycles. The number of hydrogen-bond acceptors (Lipinski definition) is 4. The summed E-state index contributed by atoms with van der Waals surface area (Å²) in [7, 11) is 3.10. The van der Waals surface area contributed by atoms with Crippen LogP contribution in [0.25, 0.3) is 0 Å². The molecule has 7 heteroatoms. The van der Waals surface area contributed by atoms with Gasteiger partial charge in [-0.1, -0.05) is 17.7 Å². The molecule has 2 aromatic rings. The highest BCUT2D eigenvalue weighted by molar-refractivity contribution is 6.31. The Bertz CT molecular complexity index is 803. The van der Waals surface area contributed by atoms with Gasteiger partial charge in [0.2, 0.25) is 0 Å². The number of carbonyl (C=O) groups is 1. The van der Waals surface area contributed by atoms with Crippen molar-refractivity contribution in [2.75, 3.05) is 40.4 Å². The summed E-state index contributed by atoms with van der Waals surface area (Å²) in [6.45, 7) is 2.88. The molecule has 2 aromatic carbocycles. The Kier molecular flexibility index (Phi) is 6.19. The first kappa shape index (κ1) is 19.5. The molecule has 0 unspecified atom stereocenters. The fourth-order valence-corrected chi connectivity index (χ4v) is 3.39. The average Bonchev–Trinajstić information content (AvgIpc) is 2.70. The Morgan fingerprint density at radius 3 is 2.41 bits per heavy atom. The summed E-state index contributed by atoms with van der Waals surface area (Å²) in [4.78, 5) is 16.7. The molecule has 0 saturated carbocycles. The van der Waals surface area contributed by atoms with Gasteiger partial charge in [0.1, 0.15) is 5.82 Å². The van der Waals surface area contributed by atoms with Crippen LogP contribution in [-0.2, 0) is 6.54 Å². The van der Waals surface area contributed by atoms with Crippen LogP contribution in [0.4, 0.5) is 4.39 Å². The Labute approximate surface area is 163 Å². The second-order valence-corrected chi connectivity index (χ2v) is 6.75. The Balaban J connectivity index is 1.63. The number of nitrogens with zero attached hydrogens (tertiary/aromatic N) is 2. The second-order valence-electron chi connectivity index (χ2n) is 6.34. The Morgan fingerprint density at radius 2 is 1.78 bits per heavy atom. The first-order chi connectivity index (χ1) is 13.0. The molecule has 0 atom stereocenters. The van der Waals surface area contributed by atoms with Crippen molar-refractivity contribution in [2.45, 2.75) is 6.54 Å². The SMILES string of the molecule is COc1ccc(C(=O)N2CCN(Cc3c(F)cccc3Cl)CC2)cc1OC. The maximum absolute atomic E-state index is 14.0. The van der Waals surface area contributed by atoms with Crippen LogP contribution in [0.2, 0.25) is 5.02 Å². The van der Waals surface area contributed by atoms with E-state index in [2.05, 4.69) is 4.90 Å². The van der Waals surface area contributed by atoms with E-state index in [1.54, 1.807) is 49.5 Å². The first-order valence-electron chi connectivity index (χ1n) is 8.70. The molecular weight excluding hydrogens is 371 g/mol. The number of methoxy groups -OCH3 is 2. The molecule has 5 nitrogen and oxygen atoms in total. The van der Waals surface area contributed by atoms with Crippen molar-refractivity contribution < 1.29 is 18.7 Å². The highest BCUT2D eigenvalue weighted by atomic mass is 35.5. The minimum atomic E-state index is -0.300. The van der Waals surface area contributed by atoms with E-state index in [1.807, 2.05) is 0 Å². The molecule has 1 fully saturated rings. The number of amides is 1. The van der Waals surface area contributed by atoms with Crippen molar-refractivity contribution in [3.05, 3.63) is 58.4 Å². The number of halogens is 2. The van der Waals surface area contributed by atoms with Gasteiger partial charge in [0.25, 0.3) is 5.91 Å². The summed E-state index contributed by atoms with van der Waals surface area (Å²) >= 11 is 6.11. The fraction of sp³-hybridized carbons (Fsp3) is 0.350. The third-order valence-electron chi connectivity index (χ3n) is 4.73. The standard InChI is InChI=1S/C20H22ClFN2O3/c1-26-18-7-6-14(12-19(18)27-2)20(25)24-10-8-23(9-11-24)13-15-16(21)4-3-5-17(15)22/h3-7,12H,8-11,13H2,1-2H3. The molecule has 0 radical (unpaired) electrons. The van der Waals surface area contributed by atoms with E-state index in [1.165, 1.54) is 6.07 Å². The van der Waals surface area contributed by atoms with Crippen LogP contribution in [0, 0.1) is 5.82 Å². The number of hydrogen-bond donors (Lipinski definition) is 0. The molecule has 0 aromatic heterocycles. The molecule has 0 spiro atoms. The van der Waals surface area contributed by atoms with Crippen LogP contribution >= 0.6 is 11.6 Å². The Morgan fingerprint density at radius 1 is 1.07 bits per heavy atom. The lowest BCUT2D eigenvalue weighted by molar-refractivity contribution is 0.0626. The molecule has 1 saturated heterocycles. The van der Waals surface area contributed by atoms with Crippen LogP contribution in [-0.4, -0.2) is 56.1 Å². The van der Waals surface area contributed by atoms with E-state index in [4.69, 9.17) is 21.1 Å². The van der Waals surface area contributed by atoms with Crippen LogP contribution in [0.5, 0.6) is 11.5 Å². The van der Waals surface area contributed by atoms with Gasteiger partial charge in [0.15, 0.2) is 11.5 Å². The van der Waals surface area contributed by atoms with Crippen molar-refractivity contribution in [3.8, 4) is 11.5 Å². The van der Waals surface area contributed by atoms with Gasteiger partial charge in [-0.25, -0.2) is 4.39 Å². The molecule has 1 amide bonds. The summed E-state index contributed by atoms with van der Waals surface area (Å²) < 4.78 is 24.4. The zero-order valence-corrected chi connectivity index (χ0v) is 16.1. The Hall–Kier alpha value is -2.31. The zero-order chi connectivity index (χ0) is 19.4. The highest BCUT2D eigenvalue weighted by Crippen LogP contribution is 2.28. The lowest BCUT2D eigenvalue weighted by atomic mass is 10.1. The maximum Gasteiger partial charge on any atom is 0.254 e. The molecule has 1 aliphatic rings. The van der Waals surface area contributed by atoms with Crippen molar-refractivity contribution >= 4 is 17.5 Å². The lowest BCUT2D eigenvalue weighted by Gasteiger charge is -2.35. The summed E-state index contributed by atoms with van der Waals surface area (Å²) in [5.41, 5.74) is 1.05. The van der Waals surface area contributed by atoms with Crippen molar-refractivity contribution in [1.82, 2.24) is 9.80 Å². The monoisotopic (exact) mass is 392 g/mol. The lowest BCUT2D eigenvalue weighted by Crippen LogP contribution is -2.48. The van der Waals surface area contributed by atoms with Crippen LogP contribution < -0.4 is 9.47 Å². The van der Waals surface area contributed by atoms with Gasteiger partial charge >= 0.3 is 0 Å². The minimum absolute atomic E-state index is 0.0560. The average molecular weight is 393 g/mol. The van der Waals surface area contributed by atoms with E-state index >= 15 is 0 Å². The van der Waals surface area contributed by atoms with Gasteiger partial charge in [-0.2, -0.15) is 0 Å². The highest BCUT2D eigenvalue weighted by Gasteiger charge is 2.24. The predicted octanol–water partition coefficient (Wildman–Crippen LogP) is 3.45. The topological polar surface area (TPSA) is 42.0 Å². The molecule has 1 heterocycles. The second kappa shape index (κ2) is 8.59. The summed E-state index contributed by atoms with van der Waals surface area (Å²) in [6, 6.07) is 9.85. The zero-order valence-electron chi connectivity index (χ0n) is 15.4. The molecule has 27 heavy (non-hydrogen) atoms. The van der Waals surface area contributed by atoms with Gasteiger partial charge in [0, 0.05) is 48.9 Å². The molecule has 144 valence electrons. The summed E-state index contributed by atoms with van der Waals surface area (Å²) in [5, 5.41) is 0.429. The van der Waals surface area contributed by atoms with E-state index in [-0.39, 0.29) is 11.7 Å². The van der Waals surface area contributed by atoms with Gasteiger partial charge in [-0.15, -0.1) is 0 Å². The third-order valence-corrected chi connectivity index (χ3v) is 5.09. The summed E-state index contributed by atoms with van der Waals surface area (Å²) in [6.07, 6.45) is 0. The normalized spacial score (nSPS) is 14.9. The minimum Gasteiger partial charge on any atom is -0.493 e. The van der Waals surface area contributed by atoms with Crippen molar-refractivity contribution in [1.29, 1.82) is 0 Å². The number of rotatable bonds is 5. The maximum atomic E-state index is 14.0. The van der Waals surface area contributed by atoms with Crippen molar-refractivity contribution in [3.63, 3.8) is 0 Å². The van der Waals surface area contributed by atoms with E-state index in [0.29, 0.717) is 60.4 Å². The summed E-state index contributed by atoms with van der Waals surface area (Å²) in [5.74, 6) is 0.752. The van der Waals surface area contributed by atoms with E-state index in [9.17, 15) is 9.18 Å². The molecule has 3 rings (SSSR count). The number of carbonyl (C=O) groups excluding carboxylic acids is 1. The van der Waals surface area contributed by atoms with Crippen LogP contribution in [0.3, 0.4) is 0 Å². The van der Waals surface area contributed by atoms with E-state index in [0.717, 1.165) is 0 Å². The number of benzene rings is 2. The number of piperazine rings is 1. The molecule has 1 aliphatic heterocycles. The molecule has 0 bridgehead atoms. The van der Waals surface area contributed by atoms with Gasteiger partial charge < -0.3 is 14.4 Å². The smallest absolute Gasteiger partial charge is 0.254 e. The quantitative estimate of drug-likeness (QED) is 0.781. The van der Waals surface area contributed by atoms with Crippen molar-refractivity contribution in [2.24, 2.45) is 0 Å². The predicted molar refractivity (Wildman–Crippen MR) is 102 cm³/mol. The van der Waals surface area contributed by atoms with E-state index < -0.39 is 0 Å². The fourth-order valence-electron chi connectivity index (χ4n) is 3.17. The largest absolute Gasteiger partial charge is 0.493 e. The third kappa shape index (κ3) is 4.34. The van der Waals surface area contributed by atoms with Crippen LogP contribution in [0.1, 0.15) is 15.9 Å². The molecular formula is C20H22ClFN2O3. The number of ether oxygens (including phenoxy) is 2.